The van der Waals surface area contributed by atoms with Gasteiger partial charge in [-0.3, -0.25) is 14.9 Å². The van der Waals surface area contributed by atoms with Crippen LogP contribution in [0.1, 0.15) is 18.9 Å². The average Bonchev–Trinajstić information content (AvgIpc) is 2.45. The second-order valence-corrected chi connectivity index (χ2v) is 4.66. The molecule has 6 heteroatoms. The number of rotatable bonds is 4. The van der Waals surface area contributed by atoms with E-state index in [1.54, 1.807) is 12.0 Å². The van der Waals surface area contributed by atoms with Gasteiger partial charge in [-0.25, -0.2) is 0 Å². The molecule has 1 atom stereocenters. The fourth-order valence-corrected chi connectivity index (χ4v) is 2.44. The Kier molecular flexibility index (Phi) is 4.24. The Morgan fingerprint density at radius 1 is 1.45 bits per heavy atom. The number of nitrogens with zero attached hydrogens (tertiary/aromatic N) is 1. The number of carbonyl (C=O) groups is 2. The second kappa shape index (κ2) is 5.92. The summed E-state index contributed by atoms with van der Waals surface area (Å²) >= 11 is 0. The fraction of sp³-hybridized carbons (Fsp3) is 0.429. The average molecular weight is 277 g/mol. The first kappa shape index (κ1) is 14.3. The number of amides is 2. The molecule has 3 N–H and O–H groups in total. The van der Waals surface area contributed by atoms with Crippen LogP contribution in [0.3, 0.4) is 0 Å². The molecule has 1 aliphatic heterocycles. The number of benzene rings is 1. The van der Waals surface area contributed by atoms with Crippen LogP contribution >= 0.6 is 0 Å². The predicted molar refractivity (Wildman–Crippen MR) is 75.5 cm³/mol. The highest BCUT2D eigenvalue weighted by molar-refractivity contribution is 6.04. The molecule has 0 radical (unpaired) electrons. The third-order valence-electron chi connectivity index (χ3n) is 3.46. The van der Waals surface area contributed by atoms with Crippen molar-refractivity contribution in [2.75, 3.05) is 18.6 Å². The molecule has 1 unspecified atom stereocenters. The van der Waals surface area contributed by atoms with Crippen molar-refractivity contribution in [1.29, 1.82) is 0 Å². The minimum atomic E-state index is -0.370. The lowest BCUT2D eigenvalue weighted by Gasteiger charge is -2.36. The molecule has 2 rings (SSSR count). The number of hydrogen-bond acceptors (Lipinski definition) is 5. The summed E-state index contributed by atoms with van der Waals surface area (Å²) in [6, 6.07) is 5.12. The molecule has 0 bridgehead atoms. The summed E-state index contributed by atoms with van der Waals surface area (Å²) in [5.74, 6) is 0.102. The van der Waals surface area contributed by atoms with E-state index in [1.165, 1.54) is 0 Å². The molecule has 108 valence electrons. The maximum Gasteiger partial charge on any atom is 0.249 e. The Morgan fingerprint density at radius 2 is 2.20 bits per heavy atom. The van der Waals surface area contributed by atoms with Gasteiger partial charge >= 0.3 is 0 Å². The number of nitrogens with one attached hydrogen (secondary N) is 1. The summed E-state index contributed by atoms with van der Waals surface area (Å²) < 4.78 is 5.21. The summed E-state index contributed by atoms with van der Waals surface area (Å²) in [6.45, 7) is 2.39. The SMILES string of the molecule is CCC1C(=O)NC(=O)CN1c1cc(OC)ccc1CN. The van der Waals surface area contributed by atoms with Crippen LogP contribution < -0.4 is 20.7 Å². The Labute approximate surface area is 117 Å². The van der Waals surface area contributed by atoms with E-state index in [9.17, 15) is 9.59 Å². The number of nitrogens with two attached hydrogens (primary N) is 1. The van der Waals surface area contributed by atoms with E-state index in [4.69, 9.17) is 10.5 Å². The smallest absolute Gasteiger partial charge is 0.249 e. The number of anilines is 1. The molecule has 2 amide bonds. The second-order valence-electron chi connectivity index (χ2n) is 4.66. The van der Waals surface area contributed by atoms with Crippen molar-refractivity contribution < 1.29 is 14.3 Å². The summed E-state index contributed by atoms with van der Waals surface area (Å²) in [6.07, 6.45) is 0.611. The first-order valence-electron chi connectivity index (χ1n) is 6.58. The van der Waals surface area contributed by atoms with E-state index in [1.807, 2.05) is 25.1 Å². The minimum absolute atomic E-state index is 0.143. The lowest BCUT2D eigenvalue weighted by atomic mass is 10.0. The maximum atomic E-state index is 11.9. The summed E-state index contributed by atoms with van der Waals surface area (Å²) in [5.41, 5.74) is 7.41. The third kappa shape index (κ3) is 2.60. The van der Waals surface area contributed by atoms with Crippen molar-refractivity contribution in [2.45, 2.75) is 25.9 Å². The molecule has 1 fully saturated rings. The van der Waals surface area contributed by atoms with Gasteiger partial charge in [0.1, 0.15) is 11.8 Å². The Hall–Kier alpha value is -2.08. The number of imide groups is 1. The van der Waals surface area contributed by atoms with Crippen LogP contribution in [0, 0.1) is 0 Å². The predicted octanol–water partition coefficient (Wildman–Crippen LogP) is 0.395. The Morgan fingerprint density at radius 3 is 2.80 bits per heavy atom. The number of piperazine rings is 1. The molecule has 0 spiro atoms. The molecule has 20 heavy (non-hydrogen) atoms. The summed E-state index contributed by atoms with van der Waals surface area (Å²) in [4.78, 5) is 25.4. The van der Waals surface area contributed by atoms with Crippen molar-refractivity contribution in [3.8, 4) is 5.75 Å². The molecule has 1 aromatic rings. The monoisotopic (exact) mass is 277 g/mol. The van der Waals surface area contributed by atoms with E-state index in [0.29, 0.717) is 18.7 Å². The lowest BCUT2D eigenvalue weighted by molar-refractivity contribution is -0.132. The largest absolute Gasteiger partial charge is 0.497 e. The zero-order valence-electron chi connectivity index (χ0n) is 11.7. The molecule has 0 saturated carbocycles. The van der Waals surface area contributed by atoms with Gasteiger partial charge in [0.15, 0.2) is 0 Å². The zero-order chi connectivity index (χ0) is 14.7. The molecule has 1 aliphatic rings. The normalized spacial score (nSPS) is 18.9. The highest BCUT2D eigenvalue weighted by Crippen LogP contribution is 2.29. The highest BCUT2D eigenvalue weighted by atomic mass is 16.5. The molecular formula is C14H19N3O3. The van der Waals surface area contributed by atoms with E-state index in [2.05, 4.69) is 5.32 Å². The lowest BCUT2D eigenvalue weighted by Crippen LogP contribution is -2.58. The maximum absolute atomic E-state index is 11.9. The van der Waals surface area contributed by atoms with Crippen LogP contribution in [-0.4, -0.2) is 31.5 Å². The molecule has 1 heterocycles. The van der Waals surface area contributed by atoms with Gasteiger partial charge in [-0.05, 0) is 18.1 Å². The van der Waals surface area contributed by atoms with Crippen LogP contribution in [0.15, 0.2) is 18.2 Å². The van der Waals surface area contributed by atoms with Crippen LogP contribution in [-0.2, 0) is 16.1 Å². The van der Waals surface area contributed by atoms with Gasteiger partial charge in [-0.2, -0.15) is 0 Å². The van der Waals surface area contributed by atoms with Gasteiger partial charge in [0, 0.05) is 18.3 Å². The molecule has 0 aliphatic carbocycles. The Balaban J connectivity index is 2.45. The number of methoxy groups -OCH3 is 1. The minimum Gasteiger partial charge on any atom is -0.497 e. The van der Waals surface area contributed by atoms with Crippen molar-refractivity contribution in [2.24, 2.45) is 5.73 Å². The summed E-state index contributed by atoms with van der Waals surface area (Å²) in [7, 11) is 1.58. The van der Waals surface area contributed by atoms with Crippen LogP contribution in [0.4, 0.5) is 5.69 Å². The topological polar surface area (TPSA) is 84.7 Å². The van der Waals surface area contributed by atoms with Gasteiger partial charge in [0.25, 0.3) is 0 Å². The van der Waals surface area contributed by atoms with E-state index >= 15 is 0 Å². The zero-order valence-corrected chi connectivity index (χ0v) is 11.7. The standard InChI is InChI=1S/C14H19N3O3/c1-3-11-14(19)16-13(18)8-17(11)12-6-10(20-2)5-4-9(12)7-15/h4-6,11H,3,7-8,15H2,1-2H3,(H,16,18,19). The van der Waals surface area contributed by atoms with E-state index in [-0.39, 0.29) is 24.4 Å². The van der Waals surface area contributed by atoms with Gasteiger partial charge < -0.3 is 15.4 Å². The third-order valence-corrected chi connectivity index (χ3v) is 3.46. The van der Waals surface area contributed by atoms with Gasteiger partial charge in [-0.1, -0.05) is 13.0 Å². The van der Waals surface area contributed by atoms with Crippen LogP contribution in [0.5, 0.6) is 5.75 Å². The van der Waals surface area contributed by atoms with Gasteiger partial charge in [0.2, 0.25) is 11.8 Å². The first-order valence-corrected chi connectivity index (χ1v) is 6.58. The van der Waals surface area contributed by atoms with E-state index in [0.717, 1.165) is 11.3 Å². The number of ether oxygens (including phenoxy) is 1. The highest BCUT2D eigenvalue weighted by Gasteiger charge is 2.33. The Bertz CT molecular complexity index is 530. The molecule has 1 aromatic carbocycles. The van der Waals surface area contributed by atoms with Crippen molar-refractivity contribution in [1.82, 2.24) is 5.32 Å². The molecule has 0 aromatic heterocycles. The summed E-state index contributed by atoms with van der Waals surface area (Å²) in [5, 5.41) is 2.36. The number of hydrogen-bond donors (Lipinski definition) is 2. The van der Waals surface area contributed by atoms with Crippen LogP contribution in [0.25, 0.3) is 0 Å². The van der Waals surface area contributed by atoms with Gasteiger partial charge in [0.05, 0.1) is 13.7 Å². The van der Waals surface area contributed by atoms with Gasteiger partial charge in [-0.15, -0.1) is 0 Å². The molecular weight excluding hydrogens is 258 g/mol. The number of carbonyl (C=O) groups excluding carboxylic acids is 2. The van der Waals surface area contributed by atoms with Crippen molar-refractivity contribution in [3.63, 3.8) is 0 Å². The van der Waals surface area contributed by atoms with Crippen molar-refractivity contribution >= 4 is 17.5 Å². The fourth-order valence-electron chi connectivity index (χ4n) is 2.44. The van der Waals surface area contributed by atoms with E-state index < -0.39 is 0 Å². The van der Waals surface area contributed by atoms with Crippen LogP contribution in [0.2, 0.25) is 0 Å². The first-order chi connectivity index (χ1) is 9.60. The molecule has 1 saturated heterocycles. The molecule has 6 nitrogen and oxygen atoms in total. The van der Waals surface area contributed by atoms with Crippen molar-refractivity contribution in [3.05, 3.63) is 23.8 Å². The quantitative estimate of drug-likeness (QED) is 0.778.